The van der Waals surface area contributed by atoms with Crippen molar-refractivity contribution in [2.24, 2.45) is 4.99 Å². The van der Waals surface area contributed by atoms with Gasteiger partial charge in [-0.2, -0.15) is 0 Å². The molecule has 0 aliphatic carbocycles. The molecule has 5 heteroatoms. The van der Waals surface area contributed by atoms with E-state index in [4.69, 9.17) is 9.47 Å². The standard InChI is InChI=1S/C20H33N3O2/c1-15(2)24-11-6-9-22-20(21-5)23-10-12-25-19(14-23)18-8-7-16(3)13-17(18)4/h7-8,13,15,19H,6,9-12,14H2,1-5H3,(H,21,22). The van der Waals surface area contributed by atoms with Crippen LogP contribution in [0, 0.1) is 13.8 Å². The highest BCUT2D eigenvalue weighted by atomic mass is 16.5. The Morgan fingerprint density at radius 3 is 2.88 bits per heavy atom. The van der Waals surface area contributed by atoms with Crippen molar-refractivity contribution in [2.75, 3.05) is 39.9 Å². The van der Waals surface area contributed by atoms with Gasteiger partial charge in [0.25, 0.3) is 0 Å². The van der Waals surface area contributed by atoms with Crippen LogP contribution in [0.3, 0.4) is 0 Å². The summed E-state index contributed by atoms with van der Waals surface area (Å²) in [4.78, 5) is 6.73. The molecule has 140 valence electrons. The van der Waals surface area contributed by atoms with Crippen LogP contribution in [-0.2, 0) is 9.47 Å². The lowest BCUT2D eigenvalue weighted by Crippen LogP contribution is -2.48. The Labute approximate surface area is 152 Å². The number of hydrogen-bond acceptors (Lipinski definition) is 3. The van der Waals surface area contributed by atoms with Crippen molar-refractivity contribution in [3.63, 3.8) is 0 Å². The summed E-state index contributed by atoms with van der Waals surface area (Å²) in [5, 5.41) is 3.45. The number of guanidine groups is 1. The van der Waals surface area contributed by atoms with Gasteiger partial charge < -0.3 is 19.7 Å². The monoisotopic (exact) mass is 347 g/mol. The third-order valence-electron chi connectivity index (χ3n) is 4.41. The Morgan fingerprint density at radius 2 is 2.20 bits per heavy atom. The molecular weight excluding hydrogens is 314 g/mol. The van der Waals surface area contributed by atoms with Gasteiger partial charge >= 0.3 is 0 Å². The number of rotatable bonds is 6. The zero-order valence-corrected chi connectivity index (χ0v) is 16.3. The Bertz CT molecular complexity index is 572. The maximum absolute atomic E-state index is 6.03. The predicted molar refractivity (Wildman–Crippen MR) is 103 cm³/mol. The molecule has 1 fully saturated rings. The van der Waals surface area contributed by atoms with Crippen molar-refractivity contribution < 1.29 is 9.47 Å². The molecule has 0 bridgehead atoms. The van der Waals surface area contributed by atoms with E-state index < -0.39 is 0 Å². The normalized spacial score (nSPS) is 18.7. The van der Waals surface area contributed by atoms with Gasteiger partial charge in [0.05, 0.1) is 19.3 Å². The van der Waals surface area contributed by atoms with Gasteiger partial charge in [-0.1, -0.05) is 23.8 Å². The number of ether oxygens (including phenoxy) is 2. The molecule has 1 N–H and O–H groups in total. The molecule has 1 saturated heterocycles. The fraction of sp³-hybridized carbons (Fsp3) is 0.650. The minimum atomic E-state index is 0.0946. The van der Waals surface area contributed by atoms with Crippen molar-refractivity contribution in [2.45, 2.75) is 46.3 Å². The molecule has 1 aliphatic heterocycles. The van der Waals surface area contributed by atoms with E-state index >= 15 is 0 Å². The highest BCUT2D eigenvalue weighted by Crippen LogP contribution is 2.25. The van der Waals surface area contributed by atoms with Gasteiger partial charge in [0.15, 0.2) is 5.96 Å². The summed E-state index contributed by atoms with van der Waals surface area (Å²) in [6, 6.07) is 6.57. The molecule has 0 amide bonds. The van der Waals surface area contributed by atoms with Gasteiger partial charge in [0.2, 0.25) is 0 Å². The Kier molecular flexibility index (Phi) is 7.72. The predicted octanol–water partition coefficient (Wildman–Crippen LogP) is 3.07. The number of nitrogens with zero attached hydrogens (tertiary/aromatic N) is 2. The second-order valence-corrected chi connectivity index (χ2v) is 6.91. The molecule has 1 unspecified atom stereocenters. The number of aliphatic imine (C=N–C) groups is 1. The van der Waals surface area contributed by atoms with Crippen LogP contribution < -0.4 is 5.32 Å². The van der Waals surface area contributed by atoms with Crippen LogP contribution in [0.4, 0.5) is 0 Å². The molecule has 1 aliphatic rings. The molecule has 0 radical (unpaired) electrons. The van der Waals surface area contributed by atoms with E-state index in [-0.39, 0.29) is 12.2 Å². The van der Waals surface area contributed by atoms with Gasteiger partial charge in [0.1, 0.15) is 6.10 Å². The fourth-order valence-corrected chi connectivity index (χ4v) is 3.14. The van der Waals surface area contributed by atoms with Gasteiger partial charge in [-0.05, 0) is 45.2 Å². The molecule has 25 heavy (non-hydrogen) atoms. The minimum Gasteiger partial charge on any atom is -0.379 e. The van der Waals surface area contributed by atoms with Crippen molar-refractivity contribution >= 4 is 5.96 Å². The first-order valence-corrected chi connectivity index (χ1v) is 9.27. The van der Waals surface area contributed by atoms with Crippen LogP contribution in [0.5, 0.6) is 0 Å². The quantitative estimate of drug-likeness (QED) is 0.488. The van der Waals surface area contributed by atoms with Crippen LogP contribution >= 0.6 is 0 Å². The number of benzene rings is 1. The van der Waals surface area contributed by atoms with Gasteiger partial charge in [0, 0.05) is 26.7 Å². The van der Waals surface area contributed by atoms with Crippen molar-refractivity contribution in [3.8, 4) is 0 Å². The van der Waals surface area contributed by atoms with Gasteiger partial charge in [-0.25, -0.2) is 0 Å². The number of nitrogens with one attached hydrogen (secondary N) is 1. The average Bonchev–Trinajstić information content (AvgIpc) is 2.58. The SMILES string of the molecule is CN=C(NCCCOC(C)C)N1CCOC(c2ccc(C)cc2C)C1. The zero-order chi connectivity index (χ0) is 18.2. The van der Waals surface area contributed by atoms with Crippen molar-refractivity contribution in [1.82, 2.24) is 10.2 Å². The summed E-state index contributed by atoms with van der Waals surface area (Å²) in [6.07, 6.45) is 1.36. The topological polar surface area (TPSA) is 46.1 Å². The first kappa shape index (κ1) is 19.7. The molecule has 1 aromatic carbocycles. The maximum Gasteiger partial charge on any atom is 0.193 e. The number of morpholine rings is 1. The minimum absolute atomic E-state index is 0.0946. The summed E-state index contributed by atoms with van der Waals surface area (Å²) in [5.74, 6) is 0.947. The second kappa shape index (κ2) is 9.78. The molecule has 5 nitrogen and oxygen atoms in total. The Morgan fingerprint density at radius 1 is 1.40 bits per heavy atom. The molecule has 1 heterocycles. The highest BCUT2D eigenvalue weighted by Gasteiger charge is 2.25. The molecule has 0 aromatic heterocycles. The lowest BCUT2D eigenvalue weighted by molar-refractivity contribution is -0.00837. The summed E-state index contributed by atoms with van der Waals surface area (Å²) in [7, 11) is 1.84. The van der Waals surface area contributed by atoms with E-state index in [0.29, 0.717) is 0 Å². The average molecular weight is 348 g/mol. The summed E-state index contributed by atoms with van der Waals surface area (Å²) in [5.41, 5.74) is 3.85. The van der Waals surface area contributed by atoms with Crippen LogP contribution in [-0.4, -0.2) is 56.9 Å². The van der Waals surface area contributed by atoms with Crippen molar-refractivity contribution in [3.05, 3.63) is 34.9 Å². The first-order chi connectivity index (χ1) is 12.0. The fourth-order valence-electron chi connectivity index (χ4n) is 3.14. The van der Waals surface area contributed by atoms with E-state index in [2.05, 4.69) is 61.1 Å². The largest absolute Gasteiger partial charge is 0.379 e. The van der Waals surface area contributed by atoms with Gasteiger partial charge in [-0.15, -0.1) is 0 Å². The van der Waals surface area contributed by atoms with Crippen LogP contribution in [0.1, 0.15) is 43.1 Å². The zero-order valence-electron chi connectivity index (χ0n) is 16.3. The van der Waals surface area contributed by atoms with E-state index in [1.807, 2.05) is 7.05 Å². The number of hydrogen-bond donors (Lipinski definition) is 1. The third kappa shape index (κ3) is 6.01. The molecule has 0 spiro atoms. The van der Waals surface area contributed by atoms with Crippen LogP contribution in [0.15, 0.2) is 23.2 Å². The second-order valence-electron chi connectivity index (χ2n) is 6.91. The van der Waals surface area contributed by atoms with E-state index in [0.717, 1.165) is 45.2 Å². The van der Waals surface area contributed by atoms with E-state index in [1.165, 1.54) is 16.7 Å². The molecular formula is C20H33N3O2. The Balaban J connectivity index is 1.90. The van der Waals surface area contributed by atoms with Crippen LogP contribution in [0.25, 0.3) is 0 Å². The molecule has 1 aromatic rings. The summed E-state index contributed by atoms with van der Waals surface area (Å²) in [6.45, 7) is 12.5. The van der Waals surface area contributed by atoms with Gasteiger partial charge in [-0.3, -0.25) is 4.99 Å². The Hall–Kier alpha value is -1.59. The van der Waals surface area contributed by atoms with Crippen LogP contribution in [0.2, 0.25) is 0 Å². The lowest BCUT2D eigenvalue weighted by Gasteiger charge is -2.35. The van der Waals surface area contributed by atoms with E-state index in [9.17, 15) is 0 Å². The lowest BCUT2D eigenvalue weighted by atomic mass is 10.00. The number of aryl methyl sites for hydroxylation is 2. The summed E-state index contributed by atoms with van der Waals surface area (Å²) < 4.78 is 11.6. The highest BCUT2D eigenvalue weighted by molar-refractivity contribution is 5.80. The maximum atomic E-state index is 6.03. The smallest absolute Gasteiger partial charge is 0.193 e. The summed E-state index contributed by atoms with van der Waals surface area (Å²) >= 11 is 0. The molecule has 0 saturated carbocycles. The molecule has 1 atom stereocenters. The first-order valence-electron chi connectivity index (χ1n) is 9.27. The van der Waals surface area contributed by atoms with E-state index in [1.54, 1.807) is 0 Å². The van der Waals surface area contributed by atoms with Crippen molar-refractivity contribution in [1.29, 1.82) is 0 Å². The third-order valence-corrected chi connectivity index (χ3v) is 4.41. The molecule has 2 rings (SSSR count).